The lowest BCUT2D eigenvalue weighted by atomic mass is 9.75. The molecule has 0 aromatic heterocycles. The Morgan fingerprint density at radius 1 is 1.29 bits per heavy atom. The molecule has 1 nitrogen and oxygen atoms in total. The Kier molecular flexibility index (Phi) is 4.36. The molecule has 92 valence electrons. The lowest BCUT2D eigenvalue weighted by Gasteiger charge is -2.29. The van der Waals surface area contributed by atoms with Crippen LogP contribution in [0.4, 0.5) is 0 Å². The highest BCUT2D eigenvalue weighted by Gasteiger charge is 2.24. The fraction of sp³-hybridized carbons (Fsp3) is 0.562. The summed E-state index contributed by atoms with van der Waals surface area (Å²) >= 11 is 0. The summed E-state index contributed by atoms with van der Waals surface area (Å²) < 4.78 is 0. The highest BCUT2D eigenvalue weighted by molar-refractivity contribution is 5.52. The second kappa shape index (κ2) is 6.00. The van der Waals surface area contributed by atoms with Crippen LogP contribution in [0.2, 0.25) is 0 Å². The molecule has 1 aromatic carbocycles. The Labute approximate surface area is 104 Å². The highest BCUT2D eigenvalue weighted by Crippen LogP contribution is 2.37. The monoisotopic (exact) mass is 230 g/mol. The van der Waals surface area contributed by atoms with E-state index in [4.69, 9.17) is 0 Å². The Balaban J connectivity index is 2.18. The van der Waals surface area contributed by atoms with Crippen LogP contribution in [0.25, 0.3) is 0 Å². The minimum Gasteiger partial charge on any atom is -0.303 e. The molecule has 1 fully saturated rings. The van der Waals surface area contributed by atoms with Crippen molar-refractivity contribution in [3.05, 3.63) is 35.4 Å². The molecule has 0 heterocycles. The van der Waals surface area contributed by atoms with E-state index in [1.807, 2.05) is 0 Å². The van der Waals surface area contributed by atoms with E-state index in [-0.39, 0.29) is 0 Å². The van der Waals surface area contributed by atoms with Crippen molar-refractivity contribution < 1.29 is 4.79 Å². The summed E-state index contributed by atoms with van der Waals surface area (Å²) in [5, 5.41) is 0. The van der Waals surface area contributed by atoms with Crippen molar-refractivity contribution in [1.29, 1.82) is 0 Å². The van der Waals surface area contributed by atoms with E-state index in [9.17, 15) is 4.79 Å². The number of benzene rings is 1. The number of hydrogen-bond acceptors (Lipinski definition) is 1. The molecule has 0 aliphatic heterocycles. The summed E-state index contributed by atoms with van der Waals surface area (Å²) in [7, 11) is 0. The summed E-state index contributed by atoms with van der Waals surface area (Å²) in [5.41, 5.74) is 2.67. The molecule has 0 spiro atoms. The Morgan fingerprint density at radius 2 is 2.06 bits per heavy atom. The van der Waals surface area contributed by atoms with Gasteiger partial charge in [0.1, 0.15) is 6.29 Å². The van der Waals surface area contributed by atoms with Crippen LogP contribution >= 0.6 is 0 Å². The van der Waals surface area contributed by atoms with Gasteiger partial charge in [0.05, 0.1) is 0 Å². The fourth-order valence-electron chi connectivity index (χ4n) is 3.14. The van der Waals surface area contributed by atoms with Gasteiger partial charge in [0.15, 0.2) is 0 Å². The average molecular weight is 230 g/mol. The van der Waals surface area contributed by atoms with Crippen LogP contribution in [-0.2, 0) is 4.79 Å². The van der Waals surface area contributed by atoms with Gasteiger partial charge in [-0.3, -0.25) is 0 Å². The quantitative estimate of drug-likeness (QED) is 0.707. The Morgan fingerprint density at radius 3 is 2.71 bits per heavy atom. The molecular weight excluding hydrogens is 208 g/mol. The number of aryl methyl sites for hydroxylation is 1. The molecule has 0 N–H and O–H groups in total. The first-order chi connectivity index (χ1) is 8.31. The van der Waals surface area contributed by atoms with E-state index in [1.54, 1.807) is 0 Å². The van der Waals surface area contributed by atoms with Gasteiger partial charge in [0.2, 0.25) is 0 Å². The first kappa shape index (κ1) is 12.3. The normalized spacial score (nSPS) is 18.9. The average Bonchev–Trinajstić information content (AvgIpc) is 2.37. The third-order valence-electron chi connectivity index (χ3n) is 4.04. The minimum absolute atomic E-state index is 0.452. The van der Waals surface area contributed by atoms with E-state index in [2.05, 4.69) is 31.2 Å². The molecule has 1 aliphatic rings. The van der Waals surface area contributed by atoms with Crippen LogP contribution in [0.3, 0.4) is 0 Å². The van der Waals surface area contributed by atoms with Crippen molar-refractivity contribution in [2.45, 2.75) is 51.4 Å². The van der Waals surface area contributed by atoms with Crippen molar-refractivity contribution in [2.75, 3.05) is 0 Å². The number of carbonyl (C=O) groups is 1. The van der Waals surface area contributed by atoms with Crippen molar-refractivity contribution in [3.63, 3.8) is 0 Å². The van der Waals surface area contributed by atoms with E-state index in [0.717, 1.165) is 12.2 Å². The summed E-state index contributed by atoms with van der Waals surface area (Å²) in [6.07, 6.45) is 8.43. The zero-order valence-electron chi connectivity index (χ0n) is 10.7. The third-order valence-corrected chi connectivity index (χ3v) is 4.04. The van der Waals surface area contributed by atoms with Gasteiger partial charge in [0, 0.05) is 6.42 Å². The van der Waals surface area contributed by atoms with Crippen LogP contribution in [-0.4, -0.2) is 6.29 Å². The summed E-state index contributed by atoms with van der Waals surface area (Å²) in [6.45, 7) is 2.13. The first-order valence-electron chi connectivity index (χ1n) is 6.81. The van der Waals surface area contributed by atoms with E-state index < -0.39 is 0 Å². The van der Waals surface area contributed by atoms with Crippen LogP contribution in [0.5, 0.6) is 0 Å². The predicted octanol–water partition coefficient (Wildman–Crippen LogP) is 4.25. The van der Waals surface area contributed by atoms with Gasteiger partial charge >= 0.3 is 0 Å². The van der Waals surface area contributed by atoms with Crippen molar-refractivity contribution in [3.8, 4) is 0 Å². The summed E-state index contributed by atoms with van der Waals surface area (Å²) in [6, 6.07) is 8.69. The van der Waals surface area contributed by atoms with Gasteiger partial charge in [-0.1, -0.05) is 49.1 Å². The lowest BCUT2D eigenvalue weighted by Crippen LogP contribution is -2.17. The molecular formula is C16H22O. The summed E-state index contributed by atoms with van der Waals surface area (Å²) in [4.78, 5) is 10.9. The van der Waals surface area contributed by atoms with Gasteiger partial charge in [-0.2, -0.15) is 0 Å². The van der Waals surface area contributed by atoms with Crippen molar-refractivity contribution in [1.82, 2.24) is 0 Å². The summed E-state index contributed by atoms with van der Waals surface area (Å²) in [5.74, 6) is 1.17. The van der Waals surface area contributed by atoms with Gasteiger partial charge in [-0.15, -0.1) is 0 Å². The zero-order chi connectivity index (χ0) is 12.1. The smallest absolute Gasteiger partial charge is 0.120 e. The predicted molar refractivity (Wildman–Crippen MR) is 71.2 cm³/mol. The van der Waals surface area contributed by atoms with Crippen LogP contribution in [0.15, 0.2) is 24.3 Å². The number of carbonyl (C=O) groups excluding carboxylic acids is 1. The number of rotatable bonds is 4. The van der Waals surface area contributed by atoms with Gasteiger partial charge < -0.3 is 4.79 Å². The molecule has 1 aliphatic carbocycles. The molecule has 0 saturated heterocycles. The van der Waals surface area contributed by atoms with Gasteiger partial charge in [-0.25, -0.2) is 0 Å². The second-order valence-electron chi connectivity index (χ2n) is 5.32. The van der Waals surface area contributed by atoms with Crippen molar-refractivity contribution in [2.24, 2.45) is 5.92 Å². The molecule has 0 radical (unpaired) electrons. The topological polar surface area (TPSA) is 17.1 Å². The number of aldehydes is 1. The largest absolute Gasteiger partial charge is 0.303 e. The molecule has 1 saturated carbocycles. The molecule has 1 unspecified atom stereocenters. The maximum Gasteiger partial charge on any atom is 0.120 e. The Hall–Kier alpha value is -1.11. The molecule has 17 heavy (non-hydrogen) atoms. The van der Waals surface area contributed by atoms with Gasteiger partial charge in [-0.05, 0) is 37.2 Å². The highest BCUT2D eigenvalue weighted by atomic mass is 16.1. The van der Waals surface area contributed by atoms with E-state index in [1.165, 1.54) is 43.2 Å². The van der Waals surface area contributed by atoms with Crippen molar-refractivity contribution >= 4 is 6.29 Å². The second-order valence-corrected chi connectivity index (χ2v) is 5.32. The zero-order valence-corrected chi connectivity index (χ0v) is 10.7. The molecule has 0 amide bonds. The molecule has 1 aromatic rings. The van der Waals surface area contributed by atoms with Crippen LogP contribution < -0.4 is 0 Å². The lowest BCUT2D eigenvalue weighted by molar-refractivity contribution is -0.108. The number of hydrogen-bond donors (Lipinski definition) is 0. The standard InChI is InChI=1S/C16H22O/c1-13-6-5-9-15(12-13)16(10-11-17)14-7-3-2-4-8-14/h5-6,9,11-12,14,16H,2-4,7-8,10H2,1H3. The van der Waals surface area contributed by atoms with Crippen LogP contribution in [0, 0.1) is 12.8 Å². The minimum atomic E-state index is 0.452. The maximum atomic E-state index is 10.9. The first-order valence-corrected chi connectivity index (χ1v) is 6.81. The molecule has 2 rings (SSSR count). The molecule has 1 atom stereocenters. The van der Waals surface area contributed by atoms with E-state index >= 15 is 0 Å². The Bertz CT molecular complexity index is 364. The van der Waals surface area contributed by atoms with Gasteiger partial charge in [0.25, 0.3) is 0 Å². The van der Waals surface area contributed by atoms with Crippen LogP contribution in [0.1, 0.15) is 55.6 Å². The molecule has 0 bridgehead atoms. The fourth-order valence-corrected chi connectivity index (χ4v) is 3.14. The van der Waals surface area contributed by atoms with E-state index in [0.29, 0.717) is 12.3 Å². The SMILES string of the molecule is Cc1cccc(C(CC=O)C2CCCCC2)c1. The molecule has 1 heteroatoms. The third kappa shape index (κ3) is 3.18. The maximum absolute atomic E-state index is 10.9.